The number of anilines is 2. The van der Waals surface area contributed by atoms with Crippen LogP contribution in [-0.2, 0) is 0 Å². The van der Waals surface area contributed by atoms with Crippen LogP contribution in [0, 0.1) is 0 Å². The van der Waals surface area contributed by atoms with Gasteiger partial charge >= 0.3 is 0 Å². The van der Waals surface area contributed by atoms with Crippen molar-refractivity contribution in [1.29, 1.82) is 0 Å². The largest absolute Gasteiger partial charge is 0.397 e. The molecule has 2 heterocycles. The van der Waals surface area contributed by atoms with Gasteiger partial charge in [-0.05, 0) is 20.2 Å². The van der Waals surface area contributed by atoms with Gasteiger partial charge in [0.2, 0.25) is 0 Å². The van der Waals surface area contributed by atoms with Gasteiger partial charge in [-0.2, -0.15) is 0 Å². The molecule has 1 aliphatic heterocycles. The summed E-state index contributed by atoms with van der Waals surface area (Å²) in [6.45, 7) is 6.24. The van der Waals surface area contributed by atoms with Crippen LogP contribution >= 0.6 is 11.6 Å². The molecule has 5 nitrogen and oxygen atoms in total. The van der Waals surface area contributed by atoms with Gasteiger partial charge < -0.3 is 15.5 Å². The molecule has 2 rings (SSSR count). The van der Waals surface area contributed by atoms with E-state index in [2.05, 4.69) is 33.8 Å². The fraction of sp³-hybridized carbons (Fsp3) is 0.615. The summed E-state index contributed by atoms with van der Waals surface area (Å²) in [6.07, 6.45) is 1.67. The van der Waals surface area contributed by atoms with Crippen LogP contribution in [0.2, 0.25) is 5.02 Å². The molecule has 0 aromatic carbocycles. The van der Waals surface area contributed by atoms with E-state index >= 15 is 0 Å². The Morgan fingerprint density at radius 3 is 2.58 bits per heavy atom. The predicted octanol–water partition coefficient (Wildman–Crippen LogP) is 1.00. The van der Waals surface area contributed by atoms with Gasteiger partial charge in [-0.25, -0.2) is 4.98 Å². The number of nitrogens with two attached hydrogens (primary N) is 1. The lowest BCUT2D eigenvalue weighted by atomic mass is 10.3. The molecule has 0 bridgehead atoms. The lowest BCUT2D eigenvalue weighted by Crippen LogP contribution is -2.48. The van der Waals surface area contributed by atoms with Gasteiger partial charge in [-0.1, -0.05) is 11.6 Å². The molecule has 1 fully saturated rings. The van der Waals surface area contributed by atoms with Crippen molar-refractivity contribution < 1.29 is 0 Å². The molecule has 106 valence electrons. The van der Waals surface area contributed by atoms with Crippen molar-refractivity contribution in [2.75, 3.05) is 64.0 Å². The highest BCUT2D eigenvalue weighted by Gasteiger charge is 2.19. The topological polar surface area (TPSA) is 48.6 Å². The van der Waals surface area contributed by atoms with E-state index in [4.69, 9.17) is 17.3 Å². The Hall–Kier alpha value is -1.04. The van der Waals surface area contributed by atoms with Crippen molar-refractivity contribution in [2.45, 2.75) is 0 Å². The fourth-order valence-corrected chi connectivity index (χ4v) is 2.50. The molecule has 0 spiro atoms. The first-order chi connectivity index (χ1) is 9.06. The maximum atomic E-state index is 6.20. The molecular formula is C13H22ClN5. The molecule has 0 amide bonds. The number of nitrogens with zero attached hydrogens (tertiary/aromatic N) is 4. The van der Waals surface area contributed by atoms with E-state index in [-0.39, 0.29) is 0 Å². The van der Waals surface area contributed by atoms with E-state index in [0.29, 0.717) is 10.7 Å². The number of aromatic nitrogens is 1. The minimum absolute atomic E-state index is 0.610. The molecule has 1 aliphatic rings. The average molecular weight is 284 g/mol. The molecule has 0 aliphatic carbocycles. The van der Waals surface area contributed by atoms with E-state index < -0.39 is 0 Å². The summed E-state index contributed by atoms with van der Waals surface area (Å²) in [7, 11) is 4.21. The second kappa shape index (κ2) is 6.41. The zero-order valence-electron chi connectivity index (χ0n) is 11.6. The van der Waals surface area contributed by atoms with Crippen molar-refractivity contribution >= 4 is 23.1 Å². The summed E-state index contributed by atoms with van der Waals surface area (Å²) in [5.41, 5.74) is 6.28. The molecule has 0 unspecified atom stereocenters. The van der Waals surface area contributed by atoms with E-state index in [9.17, 15) is 0 Å². The molecule has 1 aromatic heterocycles. The van der Waals surface area contributed by atoms with E-state index in [1.165, 1.54) is 0 Å². The molecule has 0 radical (unpaired) electrons. The summed E-state index contributed by atoms with van der Waals surface area (Å²) >= 11 is 6.20. The summed E-state index contributed by atoms with van der Waals surface area (Å²) in [4.78, 5) is 11.3. The number of piperazine rings is 1. The standard InChI is InChI=1S/C13H22ClN5/c1-17(2)3-4-18-5-7-19(8-6-18)13-12(14)9-11(15)10-16-13/h9-10H,3-8,15H2,1-2H3. The number of hydrogen-bond donors (Lipinski definition) is 1. The normalized spacial score (nSPS) is 17.2. The molecular weight excluding hydrogens is 262 g/mol. The summed E-state index contributed by atoms with van der Waals surface area (Å²) in [6, 6.07) is 1.77. The first-order valence-electron chi connectivity index (χ1n) is 6.59. The van der Waals surface area contributed by atoms with Gasteiger partial charge in [0.05, 0.1) is 16.9 Å². The Balaban J connectivity index is 1.89. The Morgan fingerprint density at radius 2 is 2.00 bits per heavy atom. The van der Waals surface area contributed by atoms with Crippen LogP contribution in [-0.4, -0.2) is 68.1 Å². The lowest BCUT2D eigenvalue weighted by Gasteiger charge is -2.36. The maximum Gasteiger partial charge on any atom is 0.147 e. The van der Waals surface area contributed by atoms with Gasteiger partial charge in [0.25, 0.3) is 0 Å². The third-order valence-electron chi connectivity index (χ3n) is 3.38. The van der Waals surface area contributed by atoms with Crippen LogP contribution in [0.25, 0.3) is 0 Å². The van der Waals surface area contributed by atoms with Crippen molar-refractivity contribution in [3.05, 3.63) is 17.3 Å². The summed E-state index contributed by atoms with van der Waals surface area (Å²) in [5.74, 6) is 0.850. The van der Waals surface area contributed by atoms with Crippen LogP contribution in [0.5, 0.6) is 0 Å². The van der Waals surface area contributed by atoms with Gasteiger partial charge in [0.1, 0.15) is 5.82 Å². The number of halogens is 1. The first-order valence-corrected chi connectivity index (χ1v) is 6.97. The molecule has 1 aromatic rings. The Labute approximate surface area is 119 Å². The first kappa shape index (κ1) is 14.4. The Bertz CT molecular complexity index is 415. The van der Waals surface area contributed by atoms with E-state index in [1.807, 2.05) is 0 Å². The third-order valence-corrected chi connectivity index (χ3v) is 3.66. The zero-order valence-corrected chi connectivity index (χ0v) is 12.4. The van der Waals surface area contributed by atoms with Crippen LogP contribution < -0.4 is 10.6 Å². The number of likely N-dealkylation sites (N-methyl/N-ethyl adjacent to an activating group) is 1. The van der Waals surface area contributed by atoms with Gasteiger partial charge in [0, 0.05) is 39.3 Å². The van der Waals surface area contributed by atoms with E-state index in [0.717, 1.165) is 45.1 Å². The monoisotopic (exact) mass is 283 g/mol. The average Bonchev–Trinajstić information content (AvgIpc) is 2.37. The molecule has 2 N–H and O–H groups in total. The number of rotatable bonds is 4. The van der Waals surface area contributed by atoms with Crippen molar-refractivity contribution in [3.8, 4) is 0 Å². The van der Waals surface area contributed by atoms with E-state index in [1.54, 1.807) is 12.3 Å². The second-order valence-corrected chi connectivity index (χ2v) is 5.61. The van der Waals surface area contributed by atoms with Crippen molar-refractivity contribution in [2.24, 2.45) is 0 Å². The highest BCUT2D eigenvalue weighted by atomic mass is 35.5. The highest BCUT2D eigenvalue weighted by molar-refractivity contribution is 6.33. The Kier molecular flexibility index (Phi) is 4.85. The van der Waals surface area contributed by atoms with Crippen LogP contribution in [0.4, 0.5) is 11.5 Å². The summed E-state index contributed by atoms with van der Waals surface area (Å²) in [5, 5.41) is 0.641. The molecule has 6 heteroatoms. The summed E-state index contributed by atoms with van der Waals surface area (Å²) < 4.78 is 0. The van der Waals surface area contributed by atoms with Crippen molar-refractivity contribution in [1.82, 2.24) is 14.8 Å². The molecule has 19 heavy (non-hydrogen) atoms. The van der Waals surface area contributed by atoms with Crippen LogP contribution in [0.3, 0.4) is 0 Å². The molecule has 1 saturated heterocycles. The maximum absolute atomic E-state index is 6.20. The van der Waals surface area contributed by atoms with Crippen molar-refractivity contribution in [3.63, 3.8) is 0 Å². The number of pyridine rings is 1. The van der Waals surface area contributed by atoms with Gasteiger partial charge in [-0.3, -0.25) is 4.90 Å². The minimum Gasteiger partial charge on any atom is -0.397 e. The zero-order chi connectivity index (χ0) is 13.8. The van der Waals surface area contributed by atoms with Gasteiger partial charge in [0.15, 0.2) is 0 Å². The minimum atomic E-state index is 0.610. The third kappa shape index (κ3) is 3.96. The predicted molar refractivity (Wildman–Crippen MR) is 80.9 cm³/mol. The molecule has 0 saturated carbocycles. The quantitative estimate of drug-likeness (QED) is 0.893. The fourth-order valence-electron chi connectivity index (χ4n) is 2.20. The smallest absolute Gasteiger partial charge is 0.147 e. The van der Waals surface area contributed by atoms with Gasteiger partial charge in [-0.15, -0.1) is 0 Å². The molecule has 0 atom stereocenters. The number of hydrogen-bond acceptors (Lipinski definition) is 5. The second-order valence-electron chi connectivity index (χ2n) is 5.21. The SMILES string of the molecule is CN(C)CCN1CCN(c2ncc(N)cc2Cl)CC1. The van der Waals surface area contributed by atoms with Crippen LogP contribution in [0.1, 0.15) is 0 Å². The lowest BCUT2D eigenvalue weighted by molar-refractivity contribution is 0.229. The van der Waals surface area contributed by atoms with Crippen LogP contribution in [0.15, 0.2) is 12.3 Å². The Morgan fingerprint density at radius 1 is 1.32 bits per heavy atom. The highest BCUT2D eigenvalue weighted by Crippen LogP contribution is 2.25. The number of nitrogen functional groups attached to an aromatic ring is 1.